The molecular weight excluding hydrogens is 397 g/mol. The molecule has 0 atom stereocenters. The molecule has 0 unspecified atom stereocenters. The van der Waals surface area contributed by atoms with Gasteiger partial charge in [0.05, 0.1) is 16.8 Å². The second kappa shape index (κ2) is 6.46. The molecule has 0 amide bonds. The van der Waals surface area contributed by atoms with Crippen LogP contribution in [0.1, 0.15) is 15.9 Å². The predicted octanol–water partition coefficient (Wildman–Crippen LogP) is 5.00. The Bertz CT molecular complexity index is 1120. The number of nitrogens with zero attached hydrogens (tertiary/aromatic N) is 3. The number of hydrogen-bond acceptors (Lipinski definition) is 3. The smallest absolute Gasteiger partial charge is 0.264 e. The first-order valence-corrected chi connectivity index (χ1v) is 8.72. The monoisotopic (exact) mass is 409 g/mol. The van der Waals surface area contributed by atoms with Gasteiger partial charge >= 0.3 is 0 Å². The van der Waals surface area contributed by atoms with Crippen LogP contribution < -0.4 is 0 Å². The molecule has 0 fully saturated rings. The van der Waals surface area contributed by atoms with Crippen molar-refractivity contribution in [3.63, 3.8) is 0 Å². The van der Waals surface area contributed by atoms with Crippen LogP contribution in [0.5, 0.6) is 0 Å². The second-order valence-corrected chi connectivity index (χ2v) is 6.82. The summed E-state index contributed by atoms with van der Waals surface area (Å²) in [4.78, 5) is 21.8. The van der Waals surface area contributed by atoms with Gasteiger partial charge in [-0.1, -0.05) is 15.9 Å². The molecule has 2 aromatic heterocycles. The van der Waals surface area contributed by atoms with Crippen LogP contribution in [0.25, 0.3) is 22.2 Å². The Kier molecular flexibility index (Phi) is 4.12. The molecular formula is C20H13BrFN3O. The average molecular weight is 410 g/mol. The van der Waals surface area contributed by atoms with E-state index in [-0.39, 0.29) is 11.7 Å². The van der Waals surface area contributed by atoms with E-state index in [2.05, 4.69) is 20.9 Å². The quantitative estimate of drug-likeness (QED) is 0.468. The van der Waals surface area contributed by atoms with Gasteiger partial charge in [0, 0.05) is 27.8 Å². The van der Waals surface area contributed by atoms with E-state index >= 15 is 0 Å². The molecule has 0 saturated carbocycles. The molecule has 0 spiro atoms. The van der Waals surface area contributed by atoms with E-state index in [1.54, 1.807) is 24.5 Å². The van der Waals surface area contributed by atoms with Crippen molar-refractivity contribution in [2.45, 2.75) is 6.92 Å². The van der Waals surface area contributed by atoms with Gasteiger partial charge in [-0.15, -0.1) is 0 Å². The minimum Gasteiger partial charge on any atom is -0.272 e. The van der Waals surface area contributed by atoms with Crippen molar-refractivity contribution in [3.05, 3.63) is 82.6 Å². The van der Waals surface area contributed by atoms with Crippen LogP contribution >= 0.6 is 15.9 Å². The van der Waals surface area contributed by atoms with E-state index < -0.39 is 0 Å². The zero-order valence-corrected chi connectivity index (χ0v) is 15.4. The summed E-state index contributed by atoms with van der Waals surface area (Å²) in [5, 5.41) is 0.751. The molecule has 4 nitrogen and oxygen atoms in total. The first-order chi connectivity index (χ1) is 12.5. The topological polar surface area (TPSA) is 47.8 Å². The molecule has 128 valence electrons. The fraction of sp³-hybridized carbons (Fsp3) is 0.0500. The Balaban J connectivity index is 2.04. The summed E-state index contributed by atoms with van der Waals surface area (Å²) in [6.45, 7) is 1.86. The van der Waals surface area contributed by atoms with Gasteiger partial charge in [-0.3, -0.25) is 9.36 Å². The third-order valence-corrected chi connectivity index (χ3v) is 4.75. The largest absolute Gasteiger partial charge is 0.272 e. The van der Waals surface area contributed by atoms with Crippen molar-refractivity contribution in [1.29, 1.82) is 0 Å². The summed E-state index contributed by atoms with van der Waals surface area (Å²) in [6, 6.07) is 11.7. The molecule has 0 saturated heterocycles. The number of imidazole rings is 1. The molecule has 6 heteroatoms. The first-order valence-electron chi connectivity index (χ1n) is 7.93. The Morgan fingerprint density at radius 3 is 2.62 bits per heavy atom. The Hall–Kier alpha value is -2.86. The lowest BCUT2D eigenvalue weighted by Gasteiger charge is -2.14. The van der Waals surface area contributed by atoms with Gasteiger partial charge < -0.3 is 0 Å². The maximum atomic E-state index is 13.3. The van der Waals surface area contributed by atoms with E-state index in [1.807, 2.05) is 25.1 Å². The summed E-state index contributed by atoms with van der Waals surface area (Å²) >= 11 is 3.46. The molecule has 2 aromatic carbocycles. The highest BCUT2D eigenvalue weighted by atomic mass is 79.9. The van der Waals surface area contributed by atoms with Gasteiger partial charge in [0.1, 0.15) is 12.1 Å². The number of benzene rings is 2. The molecule has 4 rings (SSSR count). The summed E-state index contributed by atoms with van der Waals surface area (Å²) in [7, 11) is 0. The lowest BCUT2D eigenvalue weighted by Crippen LogP contribution is -2.13. The lowest BCUT2D eigenvalue weighted by molar-refractivity contribution is 0.0961. The highest BCUT2D eigenvalue weighted by molar-refractivity contribution is 9.10. The van der Waals surface area contributed by atoms with Crippen LogP contribution in [-0.4, -0.2) is 20.4 Å². The van der Waals surface area contributed by atoms with Crippen LogP contribution in [0.4, 0.5) is 4.39 Å². The predicted molar refractivity (Wildman–Crippen MR) is 102 cm³/mol. The van der Waals surface area contributed by atoms with Crippen molar-refractivity contribution in [1.82, 2.24) is 14.5 Å². The number of fused-ring (bicyclic) bond motifs is 1. The van der Waals surface area contributed by atoms with Crippen LogP contribution in [0.15, 0.2) is 65.7 Å². The Labute approximate surface area is 157 Å². The van der Waals surface area contributed by atoms with Crippen LogP contribution in [-0.2, 0) is 0 Å². The van der Waals surface area contributed by atoms with Crippen molar-refractivity contribution in [2.75, 3.05) is 0 Å². The molecule has 0 aliphatic carbocycles. The Morgan fingerprint density at radius 1 is 1.15 bits per heavy atom. The van der Waals surface area contributed by atoms with Crippen molar-refractivity contribution >= 4 is 32.7 Å². The van der Waals surface area contributed by atoms with Crippen molar-refractivity contribution in [3.8, 4) is 11.3 Å². The molecule has 0 aliphatic rings. The first kappa shape index (κ1) is 16.6. The maximum Gasteiger partial charge on any atom is 0.264 e. The van der Waals surface area contributed by atoms with Crippen LogP contribution in [0.3, 0.4) is 0 Å². The molecule has 2 heterocycles. The van der Waals surface area contributed by atoms with E-state index in [9.17, 15) is 9.18 Å². The molecule has 0 aliphatic heterocycles. The van der Waals surface area contributed by atoms with Crippen molar-refractivity contribution in [2.24, 2.45) is 0 Å². The molecule has 26 heavy (non-hydrogen) atoms. The lowest BCUT2D eigenvalue weighted by atomic mass is 9.97. The zero-order valence-electron chi connectivity index (χ0n) is 13.8. The number of carbonyl (C=O) groups is 1. The van der Waals surface area contributed by atoms with Gasteiger partial charge in [0.2, 0.25) is 0 Å². The highest BCUT2D eigenvalue weighted by Crippen LogP contribution is 2.31. The molecule has 0 N–H and O–H groups in total. The third-order valence-electron chi connectivity index (χ3n) is 4.26. The third kappa shape index (κ3) is 2.82. The van der Waals surface area contributed by atoms with Gasteiger partial charge in [0.15, 0.2) is 0 Å². The second-order valence-electron chi connectivity index (χ2n) is 5.90. The normalized spacial score (nSPS) is 11.0. The van der Waals surface area contributed by atoms with Gasteiger partial charge in [0.25, 0.3) is 5.91 Å². The number of pyridine rings is 1. The van der Waals surface area contributed by atoms with E-state index in [1.165, 1.54) is 23.0 Å². The minimum absolute atomic E-state index is 0.186. The van der Waals surface area contributed by atoms with Gasteiger partial charge in [-0.2, -0.15) is 0 Å². The molecule has 0 bridgehead atoms. The van der Waals surface area contributed by atoms with Gasteiger partial charge in [-0.25, -0.2) is 14.4 Å². The van der Waals surface area contributed by atoms with Crippen LogP contribution in [0.2, 0.25) is 0 Å². The molecule has 4 aromatic rings. The number of halogens is 2. The average Bonchev–Trinajstić information content (AvgIpc) is 3.16. The number of rotatable bonds is 2. The summed E-state index contributed by atoms with van der Waals surface area (Å²) in [5.74, 6) is -0.500. The van der Waals surface area contributed by atoms with Gasteiger partial charge in [-0.05, 0) is 55.0 Å². The van der Waals surface area contributed by atoms with Crippen molar-refractivity contribution < 1.29 is 9.18 Å². The van der Waals surface area contributed by atoms with E-state index in [4.69, 9.17) is 4.98 Å². The minimum atomic E-state index is -0.314. The van der Waals surface area contributed by atoms with Crippen LogP contribution in [0, 0.1) is 12.7 Å². The van der Waals surface area contributed by atoms with E-state index in [0.29, 0.717) is 16.8 Å². The number of carbonyl (C=O) groups excluding carboxylic acids is 1. The fourth-order valence-electron chi connectivity index (χ4n) is 3.00. The van der Waals surface area contributed by atoms with E-state index in [0.717, 1.165) is 21.0 Å². The standard InChI is InChI=1S/C20H13BrFN3O/c1-12-18(20(26)25-9-8-23-11-25)16-10-14(21)4-7-17(16)24-19(12)13-2-5-15(22)6-3-13/h2-11H,1H3. The summed E-state index contributed by atoms with van der Waals surface area (Å²) < 4.78 is 15.6. The SMILES string of the molecule is Cc1c(-c2ccc(F)cc2)nc2ccc(Br)cc2c1C(=O)n1ccnc1. The number of hydrogen-bond donors (Lipinski definition) is 0. The maximum absolute atomic E-state index is 13.3. The number of aromatic nitrogens is 3. The Morgan fingerprint density at radius 2 is 1.92 bits per heavy atom. The summed E-state index contributed by atoms with van der Waals surface area (Å²) in [6.07, 6.45) is 4.65. The fourth-order valence-corrected chi connectivity index (χ4v) is 3.36. The molecule has 0 radical (unpaired) electrons. The zero-order chi connectivity index (χ0) is 18.3. The highest BCUT2D eigenvalue weighted by Gasteiger charge is 2.20. The summed E-state index contributed by atoms with van der Waals surface area (Å²) in [5.41, 5.74) is 3.40.